The summed E-state index contributed by atoms with van der Waals surface area (Å²) >= 11 is 6.05. The molecule has 0 bridgehead atoms. The molecule has 0 aliphatic carbocycles. The lowest BCUT2D eigenvalue weighted by Crippen LogP contribution is -2.45. The summed E-state index contributed by atoms with van der Waals surface area (Å²) in [6.45, 7) is 0.558. The van der Waals surface area contributed by atoms with Gasteiger partial charge in [-0.25, -0.2) is 0 Å². The van der Waals surface area contributed by atoms with Crippen LogP contribution in [0.1, 0.15) is 23.2 Å². The average molecular weight is 282 g/mol. The Morgan fingerprint density at radius 3 is 2.89 bits per heavy atom. The van der Waals surface area contributed by atoms with Crippen molar-refractivity contribution in [3.8, 4) is 0 Å². The van der Waals surface area contributed by atoms with Crippen molar-refractivity contribution in [2.75, 3.05) is 19.3 Å². The van der Waals surface area contributed by atoms with Gasteiger partial charge in [0.2, 0.25) is 5.91 Å². The van der Waals surface area contributed by atoms with Gasteiger partial charge in [0.15, 0.2) is 0 Å². The Bertz CT molecular complexity index is 519. The predicted octanol–water partition coefficient (Wildman–Crippen LogP) is 1.27. The Labute approximate surface area is 116 Å². The van der Waals surface area contributed by atoms with Crippen LogP contribution in [0.5, 0.6) is 0 Å². The summed E-state index contributed by atoms with van der Waals surface area (Å²) in [5.74, 6) is -0.394. The van der Waals surface area contributed by atoms with Crippen LogP contribution in [-0.4, -0.2) is 36.3 Å². The maximum Gasteiger partial charge on any atom is 0.256 e. The van der Waals surface area contributed by atoms with Crippen molar-refractivity contribution >= 4 is 29.1 Å². The lowest BCUT2D eigenvalue weighted by Gasteiger charge is -2.24. The number of halogens is 1. The summed E-state index contributed by atoms with van der Waals surface area (Å²) < 4.78 is 0. The second kappa shape index (κ2) is 5.48. The molecule has 19 heavy (non-hydrogen) atoms. The first-order valence-corrected chi connectivity index (χ1v) is 6.50. The lowest BCUT2D eigenvalue weighted by atomic mass is 10.1. The van der Waals surface area contributed by atoms with Crippen LogP contribution < -0.4 is 11.1 Å². The topological polar surface area (TPSA) is 75.4 Å². The second-order valence-electron chi connectivity index (χ2n) is 4.48. The van der Waals surface area contributed by atoms with Gasteiger partial charge in [-0.15, -0.1) is 0 Å². The molecular formula is C13H16ClN3O2. The molecule has 1 aliphatic rings. The van der Waals surface area contributed by atoms with Crippen molar-refractivity contribution < 1.29 is 9.59 Å². The highest BCUT2D eigenvalue weighted by Gasteiger charge is 2.34. The summed E-state index contributed by atoms with van der Waals surface area (Å²) in [7, 11) is 1.57. The van der Waals surface area contributed by atoms with Crippen LogP contribution in [0.3, 0.4) is 0 Å². The number of carbonyl (C=O) groups excluding carboxylic acids is 2. The maximum atomic E-state index is 12.5. The van der Waals surface area contributed by atoms with Crippen LogP contribution in [0, 0.1) is 0 Å². The van der Waals surface area contributed by atoms with Crippen LogP contribution in [0.2, 0.25) is 5.02 Å². The fourth-order valence-electron chi connectivity index (χ4n) is 2.32. The number of likely N-dealkylation sites (N-methyl/N-ethyl adjacent to an activating group) is 1. The number of hydrogen-bond acceptors (Lipinski definition) is 3. The molecule has 5 nitrogen and oxygen atoms in total. The fourth-order valence-corrected chi connectivity index (χ4v) is 2.53. The smallest absolute Gasteiger partial charge is 0.256 e. The minimum atomic E-state index is -0.421. The minimum Gasteiger partial charge on any atom is -0.398 e. The van der Waals surface area contributed by atoms with Crippen molar-refractivity contribution in [2.45, 2.75) is 18.9 Å². The molecule has 0 radical (unpaired) electrons. The molecule has 1 aromatic carbocycles. The van der Waals surface area contributed by atoms with Crippen molar-refractivity contribution in [1.82, 2.24) is 10.2 Å². The van der Waals surface area contributed by atoms with Gasteiger partial charge in [0, 0.05) is 13.6 Å². The monoisotopic (exact) mass is 281 g/mol. The number of amides is 2. The van der Waals surface area contributed by atoms with Crippen LogP contribution in [0.4, 0.5) is 5.69 Å². The Balaban J connectivity index is 2.28. The van der Waals surface area contributed by atoms with Gasteiger partial charge in [0.05, 0.1) is 16.3 Å². The molecule has 3 N–H and O–H groups in total. The minimum absolute atomic E-state index is 0.147. The highest BCUT2D eigenvalue weighted by Crippen LogP contribution is 2.27. The number of hydrogen-bond donors (Lipinski definition) is 2. The first kappa shape index (κ1) is 13.7. The van der Waals surface area contributed by atoms with Crippen LogP contribution in [-0.2, 0) is 4.79 Å². The van der Waals surface area contributed by atoms with E-state index in [0.717, 1.165) is 6.42 Å². The van der Waals surface area contributed by atoms with E-state index in [1.807, 2.05) is 0 Å². The molecule has 1 heterocycles. The number of anilines is 1. The van der Waals surface area contributed by atoms with E-state index in [2.05, 4.69) is 5.32 Å². The van der Waals surface area contributed by atoms with Crippen molar-refractivity contribution in [3.63, 3.8) is 0 Å². The normalized spacial score (nSPS) is 18.4. The molecule has 0 aromatic heterocycles. The van der Waals surface area contributed by atoms with E-state index in [1.54, 1.807) is 30.1 Å². The summed E-state index contributed by atoms with van der Waals surface area (Å²) in [5.41, 5.74) is 6.40. The number of nitrogens with two attached hydrogens (primary N) is 1. The van der Waals surface area contributed by atoms with E-state index >= 15 is 0 Å². The molecule has 102 valence electrons. The Kier molecular flexibility index (Phi) is 3.95. The predicted molar refractivity (Wildman–Crippen MR) is 74.0 cm³/mol. The number of benzene rings is 1. The molecule has 0 saturated carbocycles. The summed E-state index contributed by atoms with van der Waals surface area (Å²) in [4.78, 5) is 25.8. The maximum absolute atomic E-state index is 12.5. The summed E-state index contributed by atoms with van der Waals surface area (Å²) in [6.07, 6.45) is 1.48. The number of nitrogens with one attached hydrogen (secondary N) is 1. The summed E-state index contributed by atoms with van der Waals surface area (Å²) in [5, 5.41) is 2.82. The number of rotatable bonds is 2. The van der Waals surface area contributed by atoms with E-state index in [-0.39, 0.29) is 16.8 Å². The molecule has 1 fully saturated rings. The lowest BCUT2D eigenvalue weighted by molar-refractivity contribution is -0.124. The quantitative estimate of drug-likeness (QED) is 0.802. The molecule has 0 spiro atoms. The zero-order valence-corrected chi connectivity index (χ0v) is 11.4. The third-order valence-corrected chi connectivity index (χ3v) is 3.74. The van der Waals surface area contributed by atoms with E-state index < -0.39 is 6.04 Å². The van der Waals surface area contributed by atoms with Crippen molar-refractivity contribution in [2.24, 2.45) is 0 Å². The Hall–Kier alpha value is -1.75. The zero-order valence-electron chi connectivity index (χ0n) is 10.6. The van der Waals surface area contributed by atoms with Crippen LogP contribution >= 0.6 is 11.6 Å². The second-order valence-corrected chi connectivity index (χ2v) is 4.86. The average Bonchev–Trinajstić information content (AvgIpc) is 2.89. The molecular weight excluding hydrogens is 266 g/mol. The van der Waals surface area contributed by atoms with Crippen molar-refractivity contribution in [1.29, 1.82) is 0 Å². The van der Waals surface area contributed by atoms with E-state index in [0.29, 0.717) is 24.2 Å². The fraction of sp³-hybridized carbons (Fsp3) is 0.385. The molecule has 2 amide bonds. The van der Waals surface area contributed by atoms with Gasteiger partial charge >= 0.3 is 0 Å². The first-order chi connectivity index (χ1) is 9.06. The standard InChI is InChI=1S/C13H16ClN3O2/c1-16-12(18)10-6-3-7-17(10)13(19)8-4-2-5-9(15)11(8)14/h2,4-5,10H,3,6-7,15H2,1H3,(H,16,18). The van der Waals surface area contributed by atoms with Gasteiger partial charge in [0.1, 0.15) is 6.04 Å². The van der Waals surface area contributed by atoms with Gasteiger partial charge in [0.25, 0.3) is 5.91 Å². The van der Waals surface area contributed by atoms with Gasteiger partial charge in [-0.2, -0.15) is 0 Å². The zero-order chi connectivity index (χ0) is 14.0. The highest BCUT2D eigenvalue weighted by atomic mass is 35.5. The van der Waals surface area contributed by atoms with Gasteiger partial charge in [-0.05, 0) is 25.0 Å². The van der Waals surface area contributed by atoms with E-state index in [4.69, 9.17) is 17.3 Å². The largest absolute Gasteiger partial charge is 0.398 e. The molecule has 6 heteroatoms. The first-order valence-electron chi connectivity index (χ1n) is 6.12. The highest BCUT2D eigenvalue weighted by molar-refractivity contribution is 6.36. The number of likely N-dealkylation sites (tertiary alicyclic amines) is 1. The number of carbonyl (C=O) groups is 2. The van der Waals surface area contributed by atoms with Gasteiger partial charge in [-0.3, -0.25) is 9.59 Å². The summed E-state index contributed by atoms with van der Waals surface area (Å²) in [6, 6.07) is 4.52. The van der Waals surface area contributed by atoms with Gasteiger partial charge in [-0.1, -0.05) is 17.7 Å². The Morgan fingerprint density at radius 2 is 2.21 bits per heavy atom. The number of nitrogen functional groups attached to an aromatic ring is 1. The third-order valence-electron chi connectivity index (χ3n) is 3.32. The molecule has 1 aliphatic heterocycles. The van der Waals surface area contributed by atoms with E-state index in [1.165, 1.54) is 0 Å². The molecule has 1 atom stereocenters. The molecule has 1 unspecified atom stereocenters. The third kappa shape index (κ3) is 2.51. The van der Waals surface area contributed by atoms with Gasteiger partial charge < -0.3 is 16.0 Å². The van der Waals surface area contributed by atoms with Crippen molar-refractivity contribution in [3.05, 3.63) is 28.8 Å². The van der Waals surface area contributed by atoms with Crippen LogP contribution in [0.15, 0.2) is 18.2 Å². The SMILES string of the molecule is CNC(=O)C1CCCN1C(=O)c1cccc(N)c1Cl. The molecule has 1 aromatic rings. The number of nitrogens with zero attached hydrogens (tertiary/aromatic N) is 1. The molecule has 2 rings (SSSR count). The van der Waals surface area contributed by atoms with Crippen LogP contribution in [0.25, 0.3) is 0 Å². The Morgan fingerprint density at radius 1 is 1.47 bits per heavy atom. The molecule has 1 saturated heterocycles. The van der Waals surface area contributed by atoms with E-state index in [9.17, 15) is 9.59 Å².